The summed E-state index contributed by atoms with van der Waals surface area (Å²) in [5, 5.41) is 0. The lowest BCUT2D eigenvalue weighted by atomic mass is 11.9. The van der Waals surface area contributed by atoms with Crippen molar-refractivity contribution in [2.24, 2.45) is 0 Å². The fourth-order valence-corrected chi connectivity index (χ4v) is 8.71. The molecule has 0 fully saturated rings. The maximum atomic E-state index is 5.48. The van der Waals surface area contributed by atoms with Crippen molar-refractivity contribution in [3.8, 4) is 0 Å². The predicted molar refractivity (Wildman–Crippen MR) is 47.7 cm³/mol. The van der Waals surface area contributed by atoms with Gasteiger partial charge in [-0.25, -0.2) is 0 Å². The Balaban J connectivity index is 2.45. The molecule has 1 nitrogen and oxygen atoms in total. The predicted octanol–water partition coefficient (Wildman–Crippen LogP) is -3.35. The van der Waals surface area contributed by atoms with Crippen LogP contribution in [0.2, 0.25) is 11.3 Å². The fourth-order valence-electron chi connectivity index (χ4n) is 0.391. The molecule has 0 heterocycles. The van der Waals surface area contributed by atoms with Crippen molar-refractivity contribution in [2.45, 2.75) is 11.3 Å². The van der Waals surface area contributed by atoms with Crippen molar-refractivity contribution in [3.05, 3.63) is 0 Å². The second-order valence-corrected chi connectivity index (χ2v) is 12.1. The summed E-state index contributed by atoms with van der Waals surface area (Å²) in [7, 11) is 2.86. The lowest BCUT2D eigenvalue weighted by molar-refractivity contribution is 0.647. The van der Waals surface area contributed by atoms with Gasteiger partial charge in [0.05, 0.1) is 0 Å². The average molecular weight is 166 g/mol. The first-order valence-electron chi connectivity index (χ1n) is 2.99. The summed E-state index contributed by atoms with van der Waals surface area (Å²) in [6, 6.07) is 0. The molecule has 0 radical (unpaired) electrons. The van der Waals surface area contributed by atoms with Gasteiger partial charge in [0.25, 0.3) is 0 Å². The van der Waals surface area contributed by atoms with E-state index in [0.717, 1.165) is 0 Å². The quantitative estimate of drug-likeness (QED) is 0.313. The molecule has 0 bridgehead atoms. The van der Waals surface area contributed by atoms with Crippen LogP contribution < -0.4 is 0 Å². The van der Waals surface area contributed by atoms with Crippen molar-refractivity contribution < 1.29 is 4.12 Å². The van der Waals surface area contributed by atoms with Gasteiger partial charge in [-0.3, -0.25) is 0 Å². The van der Waals surface area contributed by atoms with E-state index in [1.165, 1.54) is 31.8 Å². The molecule has 0 aliphatic carbocycles. The van der Waals surface area contributed by atoms with Gasteiger partial charge in [-0.1, -0.05) is 11.3 Å². The van der Waals surface area contributed by atoms with Crippen molar-refractivity contribution in [1.82, 2.24) is 0 Å². The molecular weight excluding hydrogens is 152 g/mol. The third-order valence-corrected chi connectivity index (χ3v) is 6.27. The zero-order chi connectivity index (χ0) is 5.54. The SMILES string of the molecule is [SiH3]C[SiH2]O[SiH2]C[SiH3]. The van der Waals surface area contributed by atoms with Crippen LogP contribution in [0.4, 0.5) is 0 Å². The third-order valence-electron chi connectivity index (χ3n) is 0.697. The Bertz CT molecular complexity index is 28.9. The van der Waals surface area contributed by atoms with E-state index in [1.54, 1.807) is 0 Å². The molecule has 0 amide bonds. The molecule has 0 saturated heterocycles. The van der Waals surface area contributed by atoms with Crippen molar-refractivity contribution in [1.29, 1.82) is 0 Å². The second kappa shape index (κ2) is 6.83. The number of hydrogen-bond acceptors (Lipinski definition) is 1. The van der Waals surface area contributed by atoms with E-state index in [1.807, 2.05) is 0 Å². The van der Waals surface area contributed by atoms with Gasteiger partial charge in [0.2, 0.25) is 0 Å². The minimum atomic E-state index is 0.0564. The summed E-state index contributed by atoms with van der Waals surface area (Å²) in [6.45, 7) is 0. The molecule has 0 atom stereocenters. The summed E-state index contributed by atoms with van der Waals surface area (Å²) in [5.74, 6) is 0. The van der Waals surface area contributed by atoms with Crippen LogP contribution in [-0.2, 0) is 4.12 Å². The van der Waals surface area contributed by atoms with E-state index in [0.29, 0.717) is 0 Å². The highest BCUT2D eigenvalue weighted by molar-refractivity contribution is 6.52. The molecule has 5 heteroatoms. The van der Waals surface area contributed by atoms with Crippen molar-refractivity contribution in [3.63, 3.8) is 0 Å². The van der Waals surface area contributed by atoms with Gasteiger partial charge >= 0.3 is 0 Å². The second-order valence-electron chi connectivity index (χ2n) is 1.61. The maximum Gasteiger partial charge on any atom is 0.142 e. The van der Waals surface area contributed by atoms with E-state index in [2.05, 4.69) is 0 Å². The van der Waals surface area contributed by atoms with Gasteiger partial charge in [0.1, 0.15) is 19.5 Å². The first kappa shape index (κ1) is 7.83. The molecule has 0 aliphatic rings. The van der Waals surface area contributed by atoms with Gasteiger partial charge in [-0.15, -0.1) is 0 Å². The molecule has 0 aliphatic heterocycles. The first-order valence-corrected chi connectivity index (χ1v) is 8.97. The molecule has 0 N–H and O–H groups in total. The summed E-state index contributed by atoms with van der Waals surface area (Å²) in [6.07, 6.45) is 0. The van der Waals surface area contributed by atoms with Crippen LogP contribution in [0.5, 0.6) is 0 Å². The molecule has 0 rings (SSSR count). The molecule has 7 heavy (non-hydrogen) atoms. The lowest BCUT2D eigenvalue weighted by Crippen LogP contribution is -2.02. The van der Waals surface area contributed by atoms with Crippen LogP contribution >= 0.6 is 0 Å². The summed E-state index contributed by atoms with van der Waals surface area (Å²) >= 11 is 0. The van der Waals surface area contributed by atoms with Gasteiger partial charge in [0.15, 0.2) is 0 Å². The van der Waals surface area contributed by atoms with E-state index in [9.17, 15) is 0 Å². The van der Waals surface area contributed by atoms with Gasteiger partial charge < -0.3 is 4.12 Å². The summed E-state index contributed by atoms with van der Waals surface area (Å²) < 4.78 is 5.48. The first-order chi connectivity index (χ1) is 3.41. The van der Waals surface area contributed by atoms with Crippen LogP contribution in [0.15, 0.2) is 0 Å². The standard InChI is InChI=1S/C2H14OSi4/c4-1-6-3-7-2-5/h1-2,6-7H2,4-5H3. The van der Waals surface area contributed by atoms with Crippen molar-refractivity contribution >= 4 is 40.0 Å². The number of rotatable bonds is 4. The Kier molecular flexibility index (Phi) is 7.63. The van der Waals surface area contributed by atoms with Crippen molar-refractivity contribution in [2.75, 3.05) is 0 Å². The van der Waals surface area contributed by atoms with E-state index >= 15 is 0 Å². The Morgan fingerprint density at radius 1 is 1.14 bits per heavy atom. The highest BCUT2D eigenvalue weighted by atomic mass is 28.3. The molecule has 44 valence electrons. The normalized spacial score (nSPS) is 13.7. The van der Waals surface area contributed by atoms with Crippen LogP contribution in [0.1, 0.15) is 0 Å². The highest BCUT2D eigenvalue weighted by Gasteiger charge is 1.80. The minimum absolute atomic E-state index is 0.0564. The number of hydrogen-bond donors (Lipinski definition) is 0. The smallest absolute Gasteiger partial charge is 0.142 e. The van der Waals surface area contributed by atoms with Crippen LogP contribution in [-0.4, -0.2) is 40.0 Å². The third kappa shape index (κ3) is 6.83. The van der Waals surface area contributed by atoms with Gasteiger partial charge in [0, 0.05) is 20.5 Å². The van der Waals surface area contributed by atoms with Gasteiger partial charge in [-0.05, 0) is 0 Å². The molecule has 0 spiro atoms. The van der Waals surface area contributed by atoms with E-state index in [4.69, 9.17) is 4.12 Å². The van der Waals surface area contributed by atoms with Crippen LogP contribution in [0.3, 0.4) is 0 Å². The maximum absolute atomic E-state index is 5.48. The molecule has 0 aromatic heterocycles. The molecule has 0 unspecified atom stereocenters. The molecule has 0 aromatic carbocycles. The summed E-state index contributed by atoms with van der Waals surface area (Å²) in [5.41, 5.74) is 2.93. The molecular formula is C2H14OSi4. The Morgan fingerprint density at radius 2 is 1.57 bits per heavy atom. The average Bonchev–Trinajstić information content (AvgIpc) is 1.69. The Hall–Kier alpha value is 0.828. The van der Waals surface area contributed by atoms with E-state index in [-0.39, 0.29) is 19.5 Å². The monoisotopic (exact) mass is 166 g/mol. The largest absolute Gasteiger partial charge is 0.466 e. The molecule has 0 aromatic rings. The Morgan fingerprint density at radius 3 is 1.86 bits per heavy atom. The van der Waals surface area contributed by atoms with Crippen LogP contribution in [0, 0.1) is 0 Å². The molecule has 0 saturated carbocycles. The van der Waals surface area contributed by atoms with E-state index < -0.39 is 0 Å². The minimum Gasteiger partial charge on any atom is -0.466 e. The zero-order valence-electron chi connectivity index (χ0n) is 5.24. The summed E-state index contributed by atoms with van der Waals surface area (Å²) in [4.78, 5) is 0. The Labute approximate surface area is 56.0 Å². The fraction of sp³-hybridized carbons (Fsp3) is 1.00. The lowest BCUT2D eigenvalue weighted by Gasteiger charge is -1.94. The highest BCUT2D eigenvalue weighted by Crippen LogP contribution is 1.72. The zero-order valence-corrected chi connectivity index (χ0v) is 12.1. The van der Waals surface area contributed by atoms with Gasteiger partial charge in [-0.2, -0.15) is 0 Å². The topological polar surface area (TPSA) is 9.23 Å². The van der Waals surface area contributed by atoms with Crippen LogP contribution in [0.25, 0.3) is 0 Å².